The quantitative estimate of drug-likeness (QED) is 0.595. The summed E-state index contributed by atoms with van der Waals surface area (Å²) in [5, 5.41) is 6.24. The van der Waals surface area contributed by atoms with Gasteiger partial charge in [-0.3, -0.25) is 9.78 Å². The van der Waals surface area contributed by atoms with Crippen molar-refractivity contribution in [1.82, 2.24) is 15.3 Å². The maximum Gasteiger partial charge on any atom is 0.254 e. The van der Waals surface area contributed by atoms with Crippen LogP contribution >= 0.6 is 0 Å². The molecule has 0 aliphatic carbocycles. The highest BCUT2D eigenvalue weighted by Crippen LogP contribution is 2.23. The average molecular weight is 243 g/mol. The third-order valence-corrected chi connectivity index (χ3v) is 2.75. The smallest absolute Gasteiger partial charge is 0.254 e. The van der Waals surface area contributed by atoms with E-state index in [1.54, 1.807) is 0 Å². The number of nitrogen functional groups attached to an aromatic ring is 1. The first kappa shape index (κ1) is 10.8. The normalized spacial score (nSPS) is 17.4. The van der Waals surface area contributed by atoms with Crippen molar-refractivity contribution in [3.63, 3.8) is 0 Å². The van der Waals surface area contributed by atoms with Gasteiger partial charge in [-0.25, -0.2) is 0 Å². The SMILES string of the molecule is Nc1cc(=O)[nH]c(Nc2ccc(C3CN3)cc2)n1. The van der Waals surface area contributed by atoms with Crippen LogP contribution in [0.4, 0.5) is 17.5 Å². The second-order valence-electron chi connectivity index (χ2n) is 4.23. The summed E-state index contributed by atoms with van der Waals surface area (Å²) in [5.74, 6) is 0.539. The van der Waals surface area contributed by atoms with Gasteiger partial charge in [0.2, 0.25) is 5.95 Å². The number of anilines is 3. The Hall–Kier alpha value is -2.34. The van der Waals surface area contributed by atoms with Crippen molar-refractivity contribution in [3.8, 4) is 0 Å². The molecule has 3 rings (SSSR count). The highest BCUT2D eigenvalue weighted by atomic mass is 16.1. The van der Waals surface area contributed by atoms with E-state index >= 15 is 0 Å². The first-order valence-corrected chi connectivity index (χ1v) is 5.68. The van der Waals surface area contributed by atoms with E-state index in [-0.39, 0.29) is 11.4 Å². The fraction of sp³-hybridized carbons (Fsp3) is 0.167. The number of nitrogens with two attached hydrogens (primary N) is 1. The Morgan fingerprint density at radius 3 is 2.67 bits per heavy atom. The van der Waals surface area contributed by atoms with Crippen LogP contribution in [-0.2, 0) is 0 Å². The monoisotopic (exact) mass is 243 g/mol. The third kappa shape index (κ3) is 2.33. The molecular weight excluding hydrogens is 230 g/mol. The molecule has 5 N–H and O–H groups in total. The fourth-order valence-corrected chi connectivity index (χ4v) is 1.77. The zero-order valence-corrected chi connectivity index (χ0v) is 9.60. The molecule has 1 unspecified atom stereocenters. The van der Waals surface area contributed by atoms with E-state index in [9.17, 15) is 4.79 Å². The molecule has 2 aromatic rings. The molecule has 1 atom stereocenters. The summed E-state index contributed by atoms with van der Waals surface area (Å²) in [6.07, 6.45) is 0. The zero-order chi connectivity index (χ0) is 12.5. The predicted octanol–water partition coefficient (Wildman–Crippen LogP) is 0.740. The van der Waals surface area contributed by atoms with Gasteiger partial charge >= 0.3 is 0 Å². The molecule has 0 spiro atoms. The van der Waals surface area contributed by atoms with Crippen molar-refractivity contribution >= 4 is 17.5 Å². The Morgan fingerprint density at radius 1 is 1.33 bits per heavy atom. The van der Waals surface area contributed by atoms with Crippen LogP contribution in [0.15, 0.2) is 35.1 Å². The van der Waals surface area contributed by atoms with Crippen LogP contribution < -0.4 is 21.9 Å². The van der Waals surface area contributed by atoms with Crippen LogP contribution in [0, 0.1) is 0 Å². The van der Waals surface area contributed by atoms with Crippen molar-refractivity contribution in [2.24, 2.45) is 0 Å². The molecule has 6 nitrogen and oxygen atoms in total. The average Bonchev–Trinajstić information content (AvgIpc) is 3.12. The van der Waals surface area contributed by atoms with Gasteiger partial charge in [-0.05, 0) is 17.7 Å². The van der Waals surface area contributed by atoms with Gasteiger partial charge in [0.25, 0.3) is 5.56 Å². The van der Waals surface area contributed by atoms with Gasteiger partial charge in [0.15, 0.2) is 0 Å². The van der Waals surface area contributed by atoms with E-state index in [0.717, 1.165) is 12.2 Å². The van der Waals surface area contributed by atoms with Crippen molar-refractivity contribution in [1.29, 1.82) is 0 Å². The molecule has 1 saturated heterocycles. The van der Waals surface area contributed by atoms with Crippen LogP contribution in [0.5, 0.6) is 0 Å². The maximum absolute atomic E-state index is 11.2. The lowest BCUT2D eigenvalue weighted by Crippen LogP contribution is -2.11. The van der Waals surface area contributed by atoms with Crippen LogP contribution in [0.1, 0.15) is 11.6 Å². The molecule has 18 heavy (non-hydrogen) atoms. The van der Waals surface area contributed by atoms with Crippen LogP contribution in [0.25, 0.3) is 0 Å². The minimum atomic E-state index is -0.274. The lowest BCUT2D eigenvalue weighted by atomic mass is 10.1. The summed E-state index contributed by atoms with van der Waals surface area (Å²) in [6, 6.07) is 9.70. The van der Waals surface area contributed by atoms with Crippen molar-refractivity contribution in [2.75, 3.05) is 17.6 Å². The molecule has 0 saturated carbocycles. The molecule has 1 aromatic carbocycles. The summed E-state index contributed by atoms with van der Waals surface area (Å²) in [5.41, 5.74) is 7.35. The summed E-state index contributed by atoms with van der Waals surface area (Å²) < 4.78 is 0. The maximum atomic E-state index is 11.2. The lowest BCUT2D eigenvalue weighted by molar-refractivity contribution is 1.08. The highest BCUT2D eigenvalue weighted by molar-refractivity contribution is 5.55. The third-order valence-electron chi connectivity index (χ3n) is 2.75. The Bertz CT molecular complexity index is 615. The van der Waals surface area contributed by atoms with Gasteiger partial charge in [0, 0.05) is 24.3 Å². The van der Waals surface area contributed by atoms with Crippen LogP contribution in [0.2, 0.25) is 0 Å². The number of rotatable bonds is 3. The topological polar surface area (TPSA) is 106 Å². The Balaban J connectivity index is 1.80. The van der Waals surface area contributed by atoms with Crippen LogP contribution in [0.3, 0.4) is 0 Å². The second-order valence-corrected chi connectivity index (χ2v) is 4.23. The zero-order valence-electron chi connectivity index (χ0n) is 9.60. The number of H-pyrrole nitrogens is 1. The van der Waals surface area contributed by atoms with Crippen LogP contribution in [-0.4, -0.2) is 16.5 Å². The van der Waals surface area contributed by atoms with E-state index in [2.05, 4.69) is 20.6 Å². The second kappa shape index (κ2) is 4.15. The summed E-state index contributed by atoms with van der Waals surface area (Å²) in [6.45, 7) is 1.04. The van der Waals surface area contributed by atoms with Crippen molar-refractivity contribution in [3.05, 3.63) is 46.2 Å². The van der Waals surface area contributed by atoms with E-state index < -0.39 is 0 Å². The number of hydrogen-bond donors (Lipinski definition) is 4. The minimum absolute atomic E-state index is 0.194. The highest BCUT2D eigenvalue weighted by Gasteiger charge is 2.21. The van der Waals surface area contributed by atoms with Crippen molar-refractivity contribution < 1.29 is 0 Å². The first-order valence-electron chi connectivity index (χ1n) is 5.68. The number of aromatic amines is 1. The summed E-state index contributed by atoms with van der Waals surface area (Å²) >= 11 is 0. The first-order chi connectivity index (χ1) is 8.70. The molecule has 1 fully saturated rings. The van der Waals surface area contributed by atoms with E-state index in [1.807, 2.05) is 24.3 Å². The molecular formula is C12H13N5O. The van der Waals surface area contributed by atoms with Gasteiger partial charge < -0.3 is 16.4 Å². The molecule has 1 aliphatic heterocycles. The molecule has 1 aliphatic rings. The largest absolute Gasteiger partial charge is 0.383 e. The molecule has 2 heterocycles. The molecule has 0 bridgehead atoms. The minimum Gasteiger partial charge on any atom is -0.383 e. The molecule has 6 heteroatoms. The van der Waals surface area contributed by atoms with Gasteiger partial charge in [-0.1, -0.05) is 12.1 Å². The Kier molecular flexibility index (Phi) is 2.49. The standard InChI is InChI=1S/C12H13N5O/c13-10-5-11(18)17-12(16-10)15-8-3-1-7(2-4-8)9-6-14-9/h1-5,9,14H,6H2,(H4,13,15,16,17,18). The van der Waals surface area contributed by atoms with E-state index in [4.69, 9.17) is 5.73 Å². The van der Waals surface area contributed by atoms with Gasteiger partial charge in [0.1, 0.15) is 5.82 Å². The van der Waals surface area contributed by atoms with Crippen molar-refractivity contribution in [2.45, 2.75) is 6.04 Å². The number of nitrogens with one attached hydrogen (secondary N) is 3. The van der Waals surface area contributed by atoms with Gasteiger partial charge in [-0.2, -0.15) is 4.98 Å². The summed E-state index contributed by atoms with van der Waals surface area (Å²) in [4.78, 5) is 17.8. The van der Waals surface area contributed by atoms with Gasteiger partial charge in [0.05, 0.1) is 0 Å². The molecule has 92 valence electrons. The Labute approximate surface area is 103 Å². The number of nitrogens with zero attached hydrogens (tertiary/aromatic N) is 1. The molecule has 1 aromatic heterocycles. The fourth-order valence-electron chi connectivity index (χ4n) is 1.77. The number of hydrogen-bond acceptors (Lipinski definition) is 5. The lowest BCUT2D eigenvalue weighted by Gasteiger charge is -2.06. The number of benzene rings is 1. The van der Waals surface area contributed by atoms with Gasteiger partial charge in [-0.15, -0.1) is 0 Å². The predicted molar refractivity (Wildman–Crippen MR) is 69.7 cm³/mol. The molecule has 0 amide bonds. The summed E-state index contributed by atoms with van der Waals surface area (Å²) in [7, 11) is 0. The van der Waals surface area contributed by atoms with E-state index in [1.165, 1.54) is 11.6 Å². The van der Waals surface area contributed by atoms with E-state index in [0.29, 0.717) is 12.0 Å². The Morgan fingerprint density at radius 2 is 2.06 bits per heavy atom. The number of aromatic nitrogens is 2. The molecule has 0 radical (unpaired) electrons.